The Morgan fingerprint density at radius 1 is 1.33 bits per heavy atom. The van der Waals surface area contributed by atoms with E-state index in [0.717, 1.165) is 5.56 Å². The molecule has 0 amide bonds. The van der Waals surface area contributed by atoms with Gasteiger partial charge in [0.05, 0.1) is 12.4 Å². The molecule has 1 atom stereocenters. The largest absolute Gasteiger partial charge is 0.384 e. The second-order valence-electron chi connectivity index (χ2n) is 3.94. The zero-order valence-electron chi connectivity index (χ0n) is 10.5. The number of sulfonamides is 1. The van der Waals surface area contributed by atoms with Crippen molar-refractivity contribution in [2.75, 3.05) is 19.5 Å². The number of hydrogen-bond acceptors (Lipinski definition) is 3. The highest BCUT2D eigenvalue weighted by molar-refractivity contribution is 7.89. The minimum absolute atomic E-state index is 0.0341. The molecule has 4 nitrogen and oxygen atoms in total. The molecule has 1 N–H and O–H groups in total. The molecule has 0 radical (unpaired) electrons. The quantitative estimate of drug-likeness (QED) is 0.839. The van der Waals surface area contributed by atoms with Gasteiger partial charge in [0.25, 0.3) is 0 Å². The van der Waals surface area contributed by atoms with Crippen molar-refractivity contribution in [1.82, 2.24) is 4.72 Å². The molecule has 0 aromatic heterocycles. The van der Waals surface area contributed by atoms with Crippen molar-refractivity contribution >= 4 is 21.6 Å². The molecule has 1 aromatic carbocycles. The van der Waals surface area contributed by atoms with E-state index in [1.807, 2.05) is 19.1 Å². The van der Waals surface area contributed by atoms with Crippen LogP contribution in [0.1, 0.15) is 24.9 Å². The first-order valence-corrected chi connectivity index (χ1v) is 7.76. The lowest BCUT2D eigenvalue weighted by molar-refractivity contribution is 0.216. The number of ether oxygens (including phenoxy) is 1. The van der Waals surface area contributed by atoms with Crippen LogP contribution in [-0.2, 0) is 14.8 Å². The second-order valence-corrected chi connectivity index (χ2v) is 6.25. The van der Waals surface area contributed by atoms with Crippen molar-refractivity contribution in [1.29, 1.82) is 0 Å². The lowest BCUT2D eigenvalue weighted by Crippen LogP contribution is -2.31. The Balaban J connectivity index is 2.76. The average Bonchev–Trinajstić information content (AvgIpc) is 2.35. The first-order chi connectivity index (χ1) is 8.48. The van der Waals surface area contributed by atoms with Crippen LogP contribution in [0.25, 0.3) is 0 Å². The summed E-state index contributed by atoms with van der Waals surface area (Å²) in [4.78, 5) is 0. The van der Waals surface area contributed by atoms with Gasteiger partial charge in [-0.3, -0.25) is 0 Å². The van der Waals surface area contributed by atoms with Gasteiger partial charge in [-0.15, -0.1) is 0 Å². The summed E-state index contributed by atoms with van der Waals surface area (Å²) in [7, 11) is -1.84. The fourth-order valence-electron chi connectivity index (χ4n) is 1.55. The second kappa shape index (κ2) is 7.09. The molecule has 1 unspecified atom stereocenters. The number of methoxy groups -OCH3 is 1. The third-order valence-electron chi connectivity index (χ3n) is 2.56. The Bertz CT molecular complexity index is 459. The molecule has 1 rings (SSSR count). The van der Waals surface area contributed by atoms with Crippen LogP contribution in [0.15, 0.2) is 24.3 Å². The van der Waals surface area contributed by atoms with Crippen LogP contribution in [0.2, 0.25) is 5.02 Å². The highest BCUT2D eigenvalue weighted by Gasteiger charge is 2.17. The molecule has 6 heteroatoms. The van der Waals surface area contributed by atoms with Crippen LogP contribution < -0.4 is 4.72 Å². The molecule has 0 saturated heterocycles. The van der Waals surface area contributed by atoms with E-state index in [-0.39, 0.29) is 18.4 Å². The summed E-state index contributed by atoms with van der Waals surface area (Å²) in [5, 5.41) is 0.635. The van der Waals surface area contributed by atoms with E-state index in [0.29, 0.717) is 11.4 Å². The monoisotopic (exact) mass is 291 g/mol. The number of rotatable bonds is 7. The molecular weight excluding hydrogens is 274 g/mol. The molecule has 0 aliphatic rings. The van der Waals surface area contributed by atoms with Crippen LogP contribution in [-0.4, -0.2) is 27.9 Å². The molecule has 0 bridgehead atoms. The Morgan fingerprint density at radius 3 is 2.44 bits per heavy atom. The highest BCUT2D eigenvalue weighted by atomic mass is 35.5. The molecule has 0 aliphatic carbocycles. The zero-order valence-corrected chi connectivity index (χ0v) is 12.1. The van der Waals surface area contributed by atoms with Crippen molar-refractivity contribution in [2.45, 2.75) is 19.4 Å². The van der Waals surface area contributed by atoms with E-state index in [1.54, 1.807) is 12.1 Å². The number of benzene rings is 1. The zero-order chi connectivity index (χ0) is 13.6. The topological polar surface area (TPSA) is 55.4 Å². The maximum atomic E-state index is 11.8. The minimum Gasteiger partial charge on any atom is -0.384 e. The Labute approximate surface area is 113 Å². The molecule has 102 valence electrons. The fourth-order valence-corrected chi connectivity index (χ4v) is 2.92. The highest BCUT2D eigenvalue weighted by Crippen LogP contribution is 2.19. The number of nitrogens with one attached hydrogen (secondary N) is 1. The van der Waals surface area contributed by atoms with Gasteiger partial charge >= 0.3 is 0 Å². The predicted molar refractivity (Wildman–Crippen MR) is 73.3 cm³/mol. The van der Waals surface area contributed by atoms with Crippen LogP contribution >= 0.6 is 11.6 Å². The minimum atomic E-state index is -3.32. The summed E-state index contributed by atoms with van der Waals surface area (Å²) in [5.74, 6) is -0.0341. The van der Waals surface area contributed by atoms with Crippen molar-refractivity contribution in [3.63, 3.8) is 0 Å². The normalized spacial score (nSPS) is 13.5. The lowest BCUT2D eigenvalue weighted by Gasteiger charge is -2.17. The Morgan fingerprint density at radius 2 is 1.94 bits per heavy atom. The first-order valence-electron chi connectivity index (χ1n) is 5.73. The van der Waals surface area contributed by atoms with Gasteiger partial charge in [-0.2, -0.15) is 0 Å². The van der Waals surface area contributed by atoms with Gasteiger partial charge in [-0.05, 0) is 24.1 Å². The van der Waals surface area contributed by atoms with Gasteiger partial charge in [0.15, 0.2) is 0 Å². The lowest BCUT2D eigenvalue weighted by atomic mass is 10.1. The van der Waals surface area contributed by atoms with E-state index in [4.69, 9.17) is 16.3 Å². The van der Waals surface area contributed by atoms with Crippen LogP contribution in [0.3, 0.4) is 0 Å². The molecule has 1 aromatic rings. The molecule has 0 fully saturated rings. The van der Waals surface area contributed by atoms with E-state index in [9.17, 15) is 8.42 Å². The number of hydrogen-bond donors (Lipinski definition) is 1. The van der Waals surface area contributed by atoms with Gasteiger partial charge in [-0.25, -0.2) is 13.1 Å². The van der Waals surface area contributed by atoms with E-state index < -0.39 is 10.0 Å². The summed E-state index contributed by atoms with van der Waals surface area (Å²) in [6.45, 7) is 2.12. The van der Waals surface area contributed by atoms with Gasteiger partial charge in [0.2, 0.25) is 10.0 Å². The molecule has 18 heavy (non-hydrogen) atoms. The molecule has 0 aliphatic heterocycles. The average molecular weight is 292 g/mol. The van der Waals surface area contributed by atoms with Crippen LogP contribution in [0.4, 0.5) is 0 Å². The molecule has 0 heterocycles. The van der Waals surface area contributed by atoms with Crippen LogP contribution in [0, 0.1) is 0 Å². The van der Waals surface area contributed by atoms with E-state index in [1.165, 1.54) is 7.11 Å². The summed E-state index contributed by atoms with van der Waals surface area (Å²) < 4.78 is 31.0. The van der Waals surface area contributed by atoms with Gasteiger partial charge in [-0.1, -0.05) is 30.7 Å². The fraction of sp³-hybridized carbons (Fsp3) is 0.500. The van der Waals surface area contributed by atoms with Gasteiger partial charge < -0.3 is 4.74 Å². The SMILES string of the molecule is CCC(NS(=O)(=O)CCOC)c1ccc(Cl)cc1. The Hall–Kier alpha value is -0.620. The van der Waals surface area contributed by atoms with Crippen molar-refractivity contribution < 1.29 is 13.2 Å². The third-order valence-corrected chi connectivity index (χ3v) is 4.16. The van der Waals surface area contributed by atoms with Crippen molar-refractivity contribution in [3.05, 3.63) is 34.9 Å². The molecule has 0 spiro atoms. The van der Waals surface area contributed by atoms with Crippen LogP contribution in [0.5, 0.6) is 0 Å². The molecular formula is C12H18ClNO3S. The summed E-state index contributed by atoms with van der Waals surface area (Å²) in [6, 6.07) is 6.93. The van der Waals surface area contributed by atoms with E-state index in [2.05, 4.69) is 4.72 Å². The predicted octanol–water partition coefficient (Wildman–Crippen LogP) is 2.36. The smallest absolute Gasteiger partial charge is 0.214 e. The summed E-state index contributed by atoms with van der Waals surface area (Å²) >= 11 is 5.81. The number of halogens is 1. The summed E-state index contributed by atoms with van der Waals surface area (Å²) in [5.41, 5.74) is 0.905. The van der Waals surface area contributed by atoms with Gasteiger partial charge in [0.1, 0.15) is 0 Å². The Kier molecular flexibility index (Phi) is 6.08. The maximum absolute atomic E-state index is 11.8. The van der Waals surface area contributed by atoms with Gasteiger partial charge in [0, 0.05) is 18.2 Å². The standard InChI is InChI=1S/C12H18ClNO3S/c1-3-12(10-4-6-11(13)7-5-10)14-18(15,16)9-8-17-2/h4-7,12,14H,3,8-9H2,1-2H3. The third kappa shape index (κ3) is 4.94. The van der Waals surface area contributed by atoms with Crippen molar-refractivity contribution in [2.24, 2.45) is 0 Å². The van der Waals surface area contributed by atoms with Crippen molar-refractivity contribution in [3.8, 4) is 0 Å². The summed E-state index contributed by atoms with van der Waals surface area (Å²) in [6.07, 6.45) is 0.674. The first kappa shape index (κ1) is 15.4. The molecule has 0 saturated carbocycles. The maximum Gasteiger partial charge on any atom is 0.214 e. The van der Waals surface area contributed by atoms with E-state index >= 15 is 0 Å².